The number of amides is 1. The van der Waals surface area contributed by atoms with Crippen LogP contribution in [0.4, 0.5) is 11.4 Å². The van der Waals surface area contributed by atoms with Gasteiger partial charge in [0.2, 0.25) is 11.8 Å². The molecule has 1 amide bonds. The molecule has 10 nitrogen and oxygen atoms in total. The van der Waals surface area contributed by atoms with Crippen LogP contribution in [0.5, 0.6) is 0 Å². The van der Waals surface area contributed by atoms with Gasteiger partial charge in [-0.15, -0.1) is 10.2 Å². The number of anilines is 1. The first-order valence-electron chi connectivity index (χ1n) is 8.68. The lowest BCUT2D eigenvalue weighted by Gasteiger charge is -2.19. The van der Waals surface area contributed by atoms with Crippen molar-refractivity contribution in [3.63, 3.8) is 0 Å². The van der Waals surface area contributed by atoms with Gasteiger partial charge >= 0.3 is 0 Å². The van der Waals surface area contributed by atoms with Crippen LogP contribution in [0.3, 0.4) is 0 Å². The van der Waals surface area contributed by atoms with Gasteiger partial charge in [0, 0.05) is 17.8 Å². The van der Waals surface area contributed by atoms with Crippen LogP contribution >= 0.6 is 0 Å². The summed E-state index contributed by atoms with van der Waals surface area (Å²) in [6.07, 6.45) is 2.34. The van der Waals surface area contributed by atoms with Gasteiger partial charge in [-0.05, 0) is 31.2 Å². The number of hydrogen-bond acceptors (Lipinski definition) is 8. The maximum Gasteiger partial charge on any atom is 0.283 e. The van der Waals surface area contributed by atoms with Crippen molar-refractivity contribution < 1.29 is 18.6 Å². The van der Waals surface area contributed by atoms with E-state index in [9.17, 15) is 14.9 Å². The SMILES string of the molecule is CCCN(CC(=O)Nc1cccc([N+](=O)[O-])c1)Cc1nnc(-c2ccco2)o1. The summed E-state index contributed by atoms with van der Waals surface area (Å²) in [6.45, 7) is 3.01. The topological polar surface area (TPSA) is 128 Å². The third-order valence-electron chi connectivity index (χ3n) is 3.81. The van der Waals surface area contributed by atoms with E-state index in [2.05, 4.69) is 15.5 Å². The minimum atomic E-state index is -0.509. The minimum Gasteiger partial charge on any atom is -0.459 e. The van der Waals surface area contributed by atoms with E-state index in [1.807, 2.05) is 11.8 Å². The van der Waals surface area contributed by atoms with E-state index in [0.717, 1.165) is 6.42 Å². The normalized spacial score (nSPS) is 10.9. The second kappa shape index (κ2) is 8.91. The van der Waals surface area contributed by atoms with E-state index in [0.29, 0.717) is 30.4 Å². The van der Waals surface area contributed by atoms with Gasteiger partial charge in [-0.25, -0.2) is 0 Å². The highest BCUT2D eigenvalue weighted by Crippen LogP contribution is 2.19. The quantitative estimate of drug-likeness (QED) is 0.440. The molecule has 1 aromatic carbocycles. The molecule has 0 aliphatic heterocycles. The number of nitrogens with zero attached hydrogens (tertiary/aromatic N) is 4. The minimum absolute atomic E-state index is 0.0784. The van der Waals surface area contributed by atoms with Crippen LogP contribution in [-0.4, -0.2) is 39.0 Å². The lowest BCUT2D eigenvalue weighted by molar-refractivity contribution is -0.384. The molecule has 28 heavy (non-hydrogen) atoms. The monoisotopic (exact) mass is 385 g/mol. The summed E-state index contributed by atoms with van der Waals surface area (Å²) < 4.78 is 10.8. The van der Waals surface area contributed by atoms with Gasteiger partial charge in [-0.1, -0.05) is 13.0 Å². The van der Waals surface area contributed by atoms with E-state index in [-0.39, 0.29) is 24.0 Å². The molecule has 146 valence electrons. The highest BCUT2D eigenvalue weighted by Gasteiger charge is 2.17. The van der Waals surface area contributed by atoms with E-state index in [1.54, 1.807) is 18.2 Å². The lowest BCUT2D eigenvalue weighted by atomic mass is 10.3. The van der Waals surface area contributed by atoms with Crippen molar-refractivity contribution >= 4 is 17.3 Å². The Bertz CT molecular complexity index is 938. The van der Waals surface area contributed by atoms with Crippen molar-refractivity contribution in [3.05, 3.63) is 58.7 Å². The molecule has 0 aliphatic carbocycles. The summed E-state index contributed by atoms with van der Waals surface area (Å²) in [5, 5.41) is 21.5. The van der Waals surface area contributed by atoms with E-state index in [1.165, 1.54) is 24.5 Å². The Balaban J connectivity index is 1.62. The molecule has 0 unspecified atom stereocenters. The Morgan fingerprint density at radius 2 is 2.14 bits per heavy atom. The van der Waals surface area contributed by atoms with Crippen molar-refractivity contribution in [2.45, 2.75) is 19.9 Å². The number of aromatic nitrogens is 2. The number of furan rings is 1. The second-order valence-electron chi connectivity index (χ2n) is 6.04. The molecule has 10 heteroatoms. The molecule has 1 N–H and O–H groups in total. The number of carbonyl (C=O) groups is 1. The Kier molecular flexibility index (Phi) is 6.12. The summed E-state index contributed by atoms with van der Waals surface area (Å²) in [5.41, 5.74) is 0.285. The first-order chi connectivity index (χ1) is 13.5. The average Bonchev–Trinajstić information content (AvgIpc) is 3.33. The van der Waals surface area contributed by atoms with Crippen molar-refractivity contribution in [2.24, 2.45) is 0 Å². The summed E-state index contributed by atoms with van der Waals surface area (Å²) in [7, 11) is 0. The molecule has 3 rings (SSSR count). The van der Waals surface area contributed by atoms with Crippen molar-refractivity contribution in [3.8, 4) is 11.7 Å². The Morgan fingerprint density at radius 3 is 2.86 bits per heavy atom. The van der Waals surface area contributed by atoms with Gasteiger partial charge in [0.05, 0.1) is 24.3 Å². The maximum atomic E-state index is 12.4. The van der Waals surface area contributed by atoms with Gasteiger partial charge in [0.1, 0.15) is 0 Å². The zero-order chi connectivity index (χ0) is 19.9. The second-order valence-corrected chi connectivity index (χ2v) is 6.04. The fraction of sp³-hybridized carbons (Fsp3) is 0.278. The standard InChI is InChI=1S/C18H19N5O5/c1-2-8-22(12-17-20-21-18(28-17)15-7-4-9-27-15)11-16(24)19-13-5-3-6-14(10-13)23(25)26/h3-7,9-10H,2,8,11-12H2,1H3,(H,19,24). The largest absolute Gasteiger partial charge is 0.459 e. The van der Waals surface area contributed by atoms with Crippen LogP contribution in [0.15, 0.2) is 51.5 Å². The predicted molar refractivity (Wildman–Crippen MR) is 99.3 cm³/mol. The molecule has 0 radical (unpaired) electrons. The Hall–Kier alpha value is -3.53. The zero-order valence-electron chi connectivity index (χ0n) is 15.2. The van der Waals surface area contributed by atoms with Crippen molar-refractivity contribution in [2.75, 3.05) is 18.4 Å². The fourth-order valence-electron chi connectivity index (χ4n) is 2.64. The number of benzene rings is 1. The molecule has 0 atom stereocenters. The molecule has 0 fully saturated rings. The number of hydrogen-bond donors (Lipinski definition) is 1. The molecule has 0 aliphatic rings. The van der Waals surface area contributed by atoms with Crippen LogP contribution in [0.1, 0.15) is 19.2 Å². The first kappa shape index (κ1) is 19.2. The van der Waals surface area contributed by atoms with Gasteiger partial charge < -0.3 is 14.2 Å². The predicted octanol–water partition coefficient (Wildman–Crippen LogP) is 3.09. The number of nitrogens with one attached hydrogen (secondary N) is 1. The molecule has 0 saturated heterocycles. The van der Waals surface area contributed by atoms with Gasteiger partial charge in [-0.3, -0.25) is 19.8 Å². The number of non-ortho nitro benzene ring substituents is 1. The Labute approximate surface area is 160 Å². The molecular weight excluding hydrogens is 366 g/mol. The van der Waals surface area contributed by atoms with Crippen molar-refractivity contribution in [1.82, 2.24) is 15.1 Å². The van der Waals surface area contributed by atoms with E-state index in [4.69, 9.17) is 8.83 Å². The maximum absolute atomic E-state index is 12.4. The molecular formula is C18H19N5O5. The molecule has 3 aromatic rings. The van der Waals surface area contributed by atoms with E-state index < -0.39 is 4.92 Å². The van der Waals surface area contributed by atoms with Gasteiger partial charge in [-0.2, -0.15) is 0 Å². The number of nitro benzene ring substituents is 1. The number of carbonyl (C=O) groups excluding carboxylic acids is 1. The summed E-state index contributed by atoms with van der Waals surface area (Å²) in [4.78, 5) is 24.5. The number of rotatable bonds is 9. The zero-order valence-corrected chi connectivity index (χ0v) is 15.2. The van der Waals surface area contributed by atoms with Crippen LogP contribution in [0.2, 0.25) is 0 Å². The lowest BCUT2D eigenvalue weighted by Crippen LogP contribution is -2.33. The summed E-state index contributed by atoms with van der Waals surface area (Å²) >= 11 is 0. The average molecular weight is 385 g/mol. The van der Waals surface area contributed by atoms with Crippen molar-refractivity contribution in [1.29, 1.82) is 0 Å². The third kappa shape index (κ3) is 5.01. The summed E-state index contributed by atoms with van der Waals surface area (Å²) in [5.74, 6) is 0.824. The molecule has 2 heterocycles. The van der Waals surface area contributed by atoms with Gasteiger partial charge in [0.25, 0.3) is 11.6 Å². The van der Waals surface area contributed by atoms with Gasteiger partial charge in [0.15, 0.2) is 5.76 Å². The first-order valence-corrected chi connectivity index (χ1v) is 8.68. The highest BCUT2D eigenvalue weighted by molar-refractivity contribution is 5.92. The van der Waals surface area contributed by atoms with Crippen LogP contribution in [-0.2, 0) is 11.3 Å². The van der Waals surface area contributed by atoms with Crippen LogP contribution in [0, 0.1) is 10.1 Å². The summed E-state index contributed by atoms with van der Waals surface area (Å²) in [6, 6.07) is 9.24. The highest BCUT2D eigenvalue weighted by atomic mass is 16.6. The Morgan fingerprint density at radius 1 is 1.29 bits per heavy atom. The van der Waals surface area contributed by atoms with E-state index >= 15 is 0 Å². The molecule has 2 aromatic heterocycles. The molecule has 0 bridgehead atoms. The molecule has 0 spiro atoms. The fourth-order valence-corrected chi connectivity index (χ4v) is 2.64. The third-order valence-corrected chi connectivity index (χ3v) is 3.81. The smallest absolute Gasteiger partial charge is 0.283 e. The van der Waals surface area contributed by atoms with Crippen LogP contribution < -0.4 is 5.32 Å². The van der Waals surface area contributed by atoms with Crippen LogP contribution in [0.25, 0.3) is 11.7 Å². The number of nitro groups is 1. The molecule has 0 saturated carbocycles.